The summed E-state index contributed by atoms with van der Waals surface area (Å²) in [6.45, 7) is 0. The molecule has 8 nitrogen and oxygen atoms in total. The smallest absolute Gasteiger partial charge is 0.326 e. The summed E-state index contributed by atoms with van der Waals surface area (Å²) < 4.78 is 25.4. The van der Waals surface area contributed by atoms with E-state index in [0.717, 1.165) is 10.5 Å². The van der Waals surface area contributed by atoms with Crippen LogP contribution in [0.4, 0.5) is 10.5 Å². The number of benzene rings is 2. The summed E-state index contributed by atoms with van der Waals surface area (Å²) in [4.78, 5) is 36.6. The molecule has 0 saturated carbocycles. The second-order valence-corrected chi connectivity index (χ2v) is 7.38. The van der Waals surface area contributed by atoms with Crippen molar-refractivity contribution in [2.24, 2.45) is 5.73 Å². The zero-order valence-electron chi connectivity index (χ0n) is 13.5. The molecule has 1 heterocycles. The van der Waals surface area contributed by atoms with Crippen molar-refractivity contribution < 1.29 is 22.8 Å². The third-order valence-corrected chi connectivity index (χ3v) is 5.35. The first kappa shape index (κ1) is 17.6. The molecule has 3 N–H and O–H groups in total. The van der Waals surface area contributed by atoms with Gasteiger partial charge in [0, 0.05) is 6.42 Å². The summed E-state index contributed by atoms with van der Waals surface area (Å²) >= 11 is 0. The monoisotopic (exact) mass is 373 g/mol. The van der Waals surface area contributed by atoms with Crippen LogP contribution >= 0.6 is 0 Å². The molecule has 3 rings (SSSR count). The molecule has 4 amide bonds. The van der Waals surface area contributed by atoms with Gasteiger partial charge in [-0.3, -0.25) is 14.5 Å². The summed E-state index contributed by atoms with van der Waals surface area (Å²) in [5.41, 5.74) is 5.83. The van der Waals surface area contributed by atoms with Crippen LogP contribution in [0.5, 0.6) is 0 Å². The third-order valence-electron chi connectivity index (χ3n) is 3.99. The summed E-state index contributed by atoms with van der Waals surface area (Å²) in [5.74, 6) is -1.30. The molecule has 9 heteroatoms. The molecule has 1 saturated heterocycles. The lowest BCUT2D eigenvalue weighted by Gasteiger charge is -2.15. The lowest BCUT2D eigenvalue weighted by Crippen LogP contribution is -2.35. The van der Waals surface area contributed by atoms with Crippen molar-refractivity contribution in [2.45, 2.75) is 17.2 Å². The van der Waals surface area contributed by atoms with Crippen LogP contribution < -0.4 is 15.4 Å². The first-order valence-electron chi connectivity index (χ1n) is 7.63. The predicted molar refractivity (Wildman–Crippen MR) is 92.6 cm³/mol. The van der Waals surface area contributed by atoms with E-state index in [1.54, 1.807) is 29.0 Å². The number of primary amides is 1. The van der Waals surface area contributed by atoms with E-state index in [2.05, 4.69) is 0 Å². The minimum absolute atomic E-state index is 0.0477. The van der Waals surface area contributed by atoms with E-state index in [4.69, 9.17) is 5.73 Å². The van der Waals surface area contributed by atoms with Gasteiger partial charge in [0.2, 0.25) is 11.8 Å². The van der Waals surface area contributed by atoms with Gasteiger partial charge in [-0.05, 0) is 29.8 Å². The number of rotatable bonds is 4. The maximum absolute atomic E-state index is 12.7. The molecule has 0 aliphatic carbocycles. The molecule has 134 valence electrons. The summed E-state index contributed by atoms with van der Waals surface area (Å²) in [6, 6.07) is 12.8. The molecule has 26 heavy (non-hydrogen) atoms. The van der Waals surface area contributed by atoms with E-state index < -0.39 is 22.0 Å². The molecule has 0 bridgehead atoms. The highest BCUT2D eigenvalue weighted by Crippen LogP contribution is 2.33. The molecule has 2 aromatic rings. The van der Waals surface area contributed by atoms with E-state index in [9.17, 15) is 22.8 Å². The zero-order valence-corrected chi connectivity index (χ0v) is 14.3. The van der Waals surface area contributed by atoms with Crippen LogP contribution in [0.2, 0.25) is 0 Å². The van der Waals surface area contributed by atoms with Gasteiger partial charge in [-0.1, -0.05) is 30.3 Å². The highest BCUT2D eigenvalue weighted by atomic mass is 32.2. The maximum atomic E-state index is 12.7. The Morgan fingerprint density at radius 3 is 2.23 bits per heavy atom. The van der Waals surface area contributed by atoms with Gasteiger partial charge in [0.05, 0.1) is 16.5 Å². The number of hydrogen-bond acceptors (Lipinski definition) is 5. The number of anilines is 1. The van der Waals surface area contributed by atoms with Crippen LogP contribution in [0.1, 0.15) is 17.9 Å². The highest BCUT2D eigenvalue weighted by Gasteiger charge is 2.40. The fourth-order valence-electron chi connectivity index (χ4n) is 2.81. The topological polar surface area (TPSA) is 127 Å². The van der Waals surface area contributed by atoms with Gasteiger partial charge in [0.25, 0.3) is 10.0 Å². The molecule has 0 aromatic heterocycles. The van der Waals surface area contributed by atoms with Crippen LogP contribution in [-0.4, -0.2) is 26.3 Å². The van der Waals surface area contributed by atoms with Crippen LogP contribution in [0.25, 0.3) is 0 Å². The number of nitrogens with two attached hydrogens (primary N) is 1. The Labute approximate surface area is 149 Å². The average molecular weight is 373 g/mol. The van der Waals surface area contributed by atoms with Gasteiger partial charge in [0.1, 0.15) is 0 Å². The van der Waals surface area contributed by atoms with Crippen molar-refractivity contribution in [2.75, 3.05) is 4.90 Å². The van der Waals surface area contributed by atoms with Gasteiger partial charge >= 0.3 is 6.03 Å². The number of nitrogens with one attached hydrogen (secondary N) is 1. The molecule has 2 aromatic carbocycles. The summed E-state index contributed by atoms with van der Waals surface area (Å²) in [5, 5.41) is 0. The van der Waals surface area contributed by atoms with Crippen molar-refractivity contribution in [3.8, 4) is 0 Å². The molecule has 1 unspecified atom stereocenters. The third kappa shape index (κ3) is 3.29. The van der Waals surface area contributed by atoms with Crippen molar-refractivity contribution in [3.05, 3.63) is 60.2 Å². The fourth-order valence-corrected chi connectivity index (χ4v) is 3.69. The standard InChI is InChI=1S/C17H15N3O5S/c18-17(23)19-26(24,25)13-8-6-12(7-9-13)20-15(21)10-14(16(20)22)11-4-2-1-3-5-11/h1-9,14H,10H2,(H3,18,19,23). The quantitative estimate of drug-likeness (QED) is 0.776. The van der Waals surface area contributed by atoms with Crippen LogP contribution in [0, 0.1) is 0 Å². The Morgan fingerprint density at radius 1 is 1.04 bits per heavy atom. The molecule has 1 aliphatic heterocycles. The van der Waals surface area contributed by atoms with Crippen molar-refractivity contribution >= 4 is 33.6 Å². The molecule has 1 aliphatic rings. The summed E-state index contributed by atoms with van der Waals surface area (Å²) in [7, 11) is -4.09. The second kappa shape index (κ2) is 6.60. The number of urea groups is 1. The van der Waals surface area contributed by atoms with Gasteiger partial charge in [-0.2, -0.15) is 0 Å². The Hall–Kier alpha value is -3.20. The molecule has 0 radical (unpaired) electrons. The van der Waals surface area contributed by atoms with E-state index in [-0.39, 0.29) is 28.8 Å². The van der Waals surface area contributed by atoms with E-state index in [1.165, 1.54) is 24.3 Å². The fraction of sp³-hybridized carbons (Fsp3) is 0.118. The number of sulfonamides is 1. The normalized spacial score (nSPS) is 17.4. The molecular weight excluding hydrogens is 358 g/mol. The van der Waals surface area contributed by atoms with Gasteiger partial charge in [-0.15, -0.1) is 0 Å². The number of nitrogens with zero attached hydrogens (tertiary/aromatic N) is 1. The van der Waals surface area contributed by atoms with Crippen molar-refractivity contribution in [3.63, 3.8) is 0 Å². The number of amides is 4. The number of hydrogen-bond donors (Lipinski definition) is 2. The van der Waals surface area contributed by atoms with Gasteiger partial charge < -0.3 is 5.73 Å². The minimum Gasteiger partial charge on any atom is -0.351 e. The van der Waals surface area contributed by atoms with Crippen LogP contribution in [-0.2, 0) is 19.6 Å². The Morgan fingerprint density at radius 2 is 1.65 bits per heavy atom. The number of carbonyl (C=O) groups excluding carboxylic acids is 3. The average Bonchev–Trinajstić information content (AvgIpc) is 2.89. The van der Waals surface area contributed by atoms with Gasteiger partial charge in [-0.25, -0.2) is 17.9 Å². The molecule has 0 spiro atoms. The SMILES string of the molecule is NC(=O)NS(=O)(=O)c1ccc(N2C(=O)CC(c3ccccc3)C2=O)cc1. The second-order valence-electron chi connectivity index (χ2n) is 5.70. The van der Waals surface area contributed by atoms with Crippen LogP contribution in [0.15, 0.2) is 59.5 Å². The zero-order chi connectivity index (χ0) is 18.9. The lowest BCUT2D eigenvalue weighted by molar-refractivity contribution is -0.121. The van der Waals surface area contributed by atoms with E-state index in [0.29, 0.717) is 0 Å². The first-order chi connectivity index (χ1) is 12.3. The Bertz CT molecular complexity index is 971. The van der Waals surface area contributed by atoms with Crippen molar-refractivity contribution in [1.82, 2.24) is 4.72 Å². The molecule has 1 fully saturated rings. The largest absolute Gasteiger partial charge is 0.351 e. The van der Waals surface area contributed by atoms with Crippen molar-refractivity contribution in [1.29, 1.82) is 0 Å². The summed E-state index contributed by atoms with van der Waals surface area (Å²) in [6.07, 6.45) is 0.0477. The first-order valence-corrected chi connectivity index (χ1v) is 9.12. The van der Waals surface area contributed by atoms with E-state index >= 15 is 0 Å². The maximum Gasteiger partial charge on any atom is 0.326 e. The Balaban J connectivity index is 1.87. The number of imide groups is 1. The van der Waals surface area contributed by atoms with Gasteiger partial charge in [0.15, 0.2) is 0 Å². The minimum atomic E-state index is -4.09. The van der Waals surface area contributed by atoms with E-state index in [1.807, 2.05) is 6.07 Å². The lowest BCUT2D eigenvalue weighted by atomic mass is 9.98. The highest BCUT2D eigenvalue weighted by molar-refractivity contribution is 7.90. The molecular formula is C17H15N3O5S. The predicted octanol–water partition coefficient (Wildman–Crippen LogP) is 1.09. The Kier molecular flexibility index (Phi) is 4.47. The van der Waals surface area contributed by atoms with Crippen LogP contribution in [0.3, 0.4) is 0 Å². The number of carbonyl (C=O) groups is 3. The molecule has 1 atom stereocenters.